The molecule has 0 aromatic heterocycles. The minimum absolute atomic E-state index is 0.00861. The van der Waals surface area contributed by atoms with Gasteiger partial charge in [0.05, 0.1) is 12.3 Å². The molecule has 0 fully saturated rings. The van der Waals surface area contributed by atoms with E-state index < -0.39 is 16.3 Å². The predicted octanol–water partition coefficient (Wildman–Crippen LogP) is 1.10. The van der Waals surface area contributed by atoms with Crippen molar-refractivity contribution in [2.75, 3.05) is 11.3 Å². The Hall–Kier alpha value is -1.96. The Balaban J connectivity index is 2.86. The maximum atomic E-state index is 11.6. The van der Waals surface area contributed by atoms with Gasteiger partial charge in [-0.1, -0.05) is 12.1 Å². The van der Waals surface area contributed by atoms with Gasteiger partial charge in [-0.3, -0.25) is 4.72 Å². The third kappa shape index (κ3) is 3.81. The molecule has 3 N–H and O–H groups in total. The highest BCUT2D eigenvalue weighted by Gasteiger charge is 2.17. The number of carbonyl (C=O) groups is 1. The van der Waals surface area contributed by atoms with Gasteiger partial charge in [-0.25, -0.2) is 9.52 Å². The molecule has 0 unspecified atom stereocenters. The van der Waals surface area contributed by atoms with Crippen LogP contribution in [0.15, 0.2) is 18.2 Å². The first kappa shape index (κ1) is 14.1. The molecule has 0 atom stereocenters. The summed E-state index contributed by atoms with van der Waals surface area (Å²) in [4.78, 5) is 11.0. The topological polar surface area (TPSA) is 105 Å². The van der Waals surface area contributed by atoms with E-state index in [4.69, 9.17) is 0 Å². The van der Waals surface area contributed by atoms with Crippen LogP contribution in [-0.4, -0.2) is 26.2 Å². The fourth-order valence-corrected chi connectivity index (χ4v) is 2.08. The Morgan fingerprint density at radius 1 is 1.44 bits per heavy atom. The molecule has 100 valence electrons. The molecule has 0 aliphatic rings. The zero-order valence-corrected chi connectivity index (χ0v) is 10.7. The standard InChI is InChI=1S/C10H14N2O5S/c1-3-17-10(14)12-18(15,16)11-9-7(2)5-4-6-8(9)13/h4-6,11,13H,3H2,1-2H3,(H,12,14). The summed E-state index contributed by atoms with van der Waals surface area (Å²) in [5.41, 5.74) is 0.526. The minimum Gasteiger partial charge on any atom is -0.506 e. The van der Waals surface area contributed by atoms with Crippen LogP contribution >= 0.6 is 0 Å². The van der Waals surface area contributed by atoms with Crippen LogP contribution in [0.1, 0.15) is 12.5 Å². The fraction of sp³-hybridized carbons (Fsp3) is 0.300. The summed E-state index contributed by atoms with van der Waals surface area (Å²) in [6.45, 7) is 3.21. The van der Waals surface area contributed by atoms with E-state index in [1.807, 2.05) is 0 Å². The Bertz CT molecular complexity index is 521. The van der Waals surface area contributed by atoms with Gasteiger partial charge >= 0.3 is 16.3 Å². The molecular formula is C10H14N2O5S. The van der Waals surface area contributed by atoms with Gasteiger partial charge in [0.2, 0.25) is 0 Å². The summed E-state index contributed by atoms with van der Waals surface area (Å²) in [5, 5.41) is 9.52. The number of carbonyl (C=O) groups excluding carboxylic acids is 1. The van der Waals surface area contributed by atoms with Crippen LogP contribution in [-0.2, 0) is 14.9 Å². The zero-order chi connectivity index (χ0) is 13.8. The second-order valence-electron chi connectivity index (χ2n) is 3.40. The number of phenolic OH excluding ortho intramolecular Hbond substituents is 1. The van der Waals surface area contributed by atoms with Gasteiger partial charge in [0.15, 0.2) is 0 Å². The molecule has 1 amide bonds. The number of anilines is 1. The number of aryl methyl sites for hydroxylation is 1. The third-order valence-electron chi connectivity index (χ3n) is 1.98. The molecule has 0 aliphatic carbocycles. The van der Waals surface area contributed by atoms with Crippen molar-refractivity contribution in [3.8, 4) is 5.75 Å². The number of amides is 1. The van der Waals surface area contributed by atoms with Gasteiger partial charge in [0.25, 0.3) is 0 Å². The van der Waals surface area contributed by atoms with E-state index in [-0.39, 0.29) is 18.0 Å². The SMILES string of the molecule is CCOC(=O)NS(=O)(=O)Nc1c(C)cccc1O. The van der Waals surface area contributed by atoms with Crippen LogP contribution in [0.25, 0.3) is 0 Å². The third-order valence-corrected chi connectivity index (χ3v) is 2.89. The molecule has 0 spiro atoms. The number of hydrogen-bond acceptors (Lipinski definition) is 5. The Kier molecular flexibility index (Phi) is 4.38. The molecule has 1 aromatic carbocycles. The highest BCUT2D eigenvalue weighted by molar-refractivity contribution is 7.91. The summed E-state index contributed by atoms with van der Waals surface area (Å²) in [6.07, 6.45) is -1.09. The molecule has 0 radical (unpaired) electrons. The molecule has 7 nitrogen and oxygen atoms in total. The van der Waals surface area contributed by atoms with Crippen LogP contribution < -0.4 is 9.44 Å². The van der Waals surface area contributed by atoms with Crippen LogP contribution in [0.2, 0.25) is 0 Å². The van der Waals surface area contributed by atoms with Crippen molar-refractivity contribution in [3.05, 3.63) is 23.8 Å². The molecule has 1 rings (SSSR count). The number of hydrogen-bond donors (Lipinski definition) is 3. The van der Waals surface area contributed by atoms with E-state index in [9.17, 15) is 18.3 Å². The van der Waals surface area contributed by atoms with Crippen LogP contribution in [0.4, 0.5) is 10.5 Å². The molecule has 0 aliphatic heterocycles. The number of benzene rings is 1. The lowest BCUT2D eigenvalue weighted by molar-refractivity contribution is 0.159. The first-order valence-corrected chi connectivity index (χ1v) is 6.60. The largest absolute Gasteiger partial charge is 0.506 e. The Labute approximate surface area is 105 Å². The van der Waals surface area contributed by atoms with Gasteiger partial charge in [0.1, 0.15) is 5.75 Å². The van der Waals surface area contributed by atoms with E-state index in [0.717, 1.165) is 0 Å². The van der Waals surface area contributed by atoms with Crippen molar-refractivity contribution in [2.45, 2.75) is 13.8 Å². The van der Waals surface area contributed by atoms with Crippen molar-refractivity contribution < 1.29 is 23.1 Å². The van der Waals surface area contributed by atoms with Crippen LogP contribution in [0.5, 0.6) is 5.75 Å². The van der Waals surface area contributed by atoms with Crippen LogP contribution in [0, 0.1) is 6.92 Å². The number of phenols is 1. The number of para-hydroxylation sites is 1. The number of nitrogens with one attached hydrogen (secondary N) is 2. The highest BCUT2D eigenvalue weighted by Crippen LogP contribution is 2.26. The molecular weight excluding hydrogens is 260 g/mol. The number of aromatic hydroxyl groups is 1. The lowest BCUT2D eigenvalue weighted by Crippen LogP contribution is -2.35. The zero-order valence-electron chi connectivity index (χ0n) is 9.93. The Morgan fingerprint density at radius 2 is 2.11 bits per heavy atom. The molecule has 8 heteroatoms. The van der Waals surface area contributed by atoms with E-state index in [1.165, 1.54) is 6.07 Å². The number of rotatable bonds is 4. The van der Waals surface area contributed by atoms with Gasteiger partial charge < -0.3 is 9.84 Å². The van der Waals surface area contributed by atoms with Crippen molar-refractivity contribution in [2.24, 2.45) is 0 Å². The fourth-order valence-electron chi connectivity index (χ4n) is 1.22. The molecule has 18 heavy (non-hydrogen) atoms. The lowest BCUT2D eigenvalue weighted by atomic mass is 10.2. The molecule has 0 saturated carbocycles. The second-order valence-corrected chi connectivity index (χ2v) is 4.81. The first-order chi connectivity index (χ1) is 8.35. The van der Waals surface area contributed by atoms with E-state index in [1.54, 1.807) is 30.7 Å². The molecule has 0 bridgehead atoms. The second kappa shape index (κ2) is 5.58. The summed E-state index contributed by atoms with van der Waals surface area (Å²) < 4.78 is 31.3. The molecule has 1 aromatic rings. The van der Waals surface area contributed by atoms with Crippen molar-refractivity contribution in [1.82, 2.24) is 4.72 Å². The Morgan fingerprint density at radius 3 is 2.67 bits per heavy atom. The van der Waals surface area contributed by atoms with Gasteiger partial charge in [-0.15, -0.1) is 0 Å². The summed E-state index contributed by atoms with van der Waals surface area (Å²) >= 11 is 0. The highest BCUT2D eigenvalue weighted by atomic mass is 32.2. The summed E-state index contributed by atoms with van der Waals surface area (Å²) in [7, 11) is -4.14. The normalized spacial score (nSPS) is 10.8. The van der Waals surface area contributed by atoms with E-state index in [0.29, 0.717) is 5.56 Å². The quantitative estimate of drug-likeness (QED) is 0.713. The first-order valence-electron chi connectivity index (χ1n) is 5.11. The van der Waals surface area contributed by atoms with Crippen molar-refractivity contribution in [3.63, 3.8) is 0 Å². The predicted molar refractivity (Wildman–Crippen MR) is 65.5 cm³/mol. The van der Waals surface area contributed by atoms with Gasteiger partial charge in [-0.2, -0.15) is 8.42 Å². The minimum atomic E-state index is -4.14. The average molecular weight is 274 g/mol. The lowest BCUT2D eigenvalue weighted by Gasteiger charge is -2.12. The van der Waals surface area contributed by atoms with Crippen molar-refractivity contribution in [1.29, 1.82) is 0 Å². The van der Waals surface area contributed by atoms with Crippen molar-refractivity contribution >= 4 is 22.0 Å². The van der Waals surface area contributed by atoms with Gasteiger partial charge in [-0.05, 0) is 25.5 Å². The number of ether oxygens (including phenoxy) is 1. The van der Waals surface area contributed by atoms with Crippen LogP contribution in [0.3, 0.4) is 0 Å². The molecule has 0 heterocycles. The monoisotopic (exact) mass is 274 g/mol. The maximum absolute atomic E-state index is 11.6. The molecule has 0 saturated heterocycles. The van der Waals surface area contributed by atoms with E-state index in [2.05, 4.69) is 9.46 Å². The average Bonchev–Trinajstić information content (AvgIpc) is 2.23. The summed E-state index contributed by atoms with van der Waals surface area (Å²) in [6, 6.07) is 4.51. The summed E-state index contributed by atoms with van der Waals surface area (Å²) in [5.74, 6) is -0.232. The maximum Gasteiger partial charge on any atom is 0.422 e. The smallest absolute Gasteiger partial charge is 0.422 e. The van der Waals surface area contributed by atoms with Gasteiger partial charge in [0, 0.05) is 0 Å². The van der Waals surface area contributed by atoms with E-state index >= 15 is 0 Å².